The molecule has 1 saturated heterocycles. The van der Waals surface area contributed by atoms with E-state index in [-0.39, 0.29) is 6.10 Å². The fraction of sp³-hybridized carbons (Fsp3) is 0.619. The van der Waals surface area contributed by atoms with Gasteiger partial charge in [0.15, 0.2) is 6.04 Å². The molecule has 0 aromatic heterocycles. The zero-order valence-corrected chi connectivity index (χ0v) is 17.1. The molecular weight excluding hydrogens is 360 g/mol. The highest BCUT2D eigenvalue weighted by Gasteiger charge is 2.39. The Kier molecular flexibility index (Phi) is 5.84. The van der Waals surface area contributed by atoms with E-state index in [1.807, 2.05) is 18.2 Å². The maximum Gasteiger partial charge on any atom is 0.411 e. The average Bonchev–Trinajstić information content (AvgIpc) is 2.65. The summed E-state index contributed by atoms with van der Waals surface area (Å²) in [7, 11) is 1.74. The van der Waals surface area contributed by atoms with E-state index in [0.717, 1.165) is 37.2 Å². The van der Waals surface area contributed by atoms with Crippen molar-refractivity contribution in [2.75, 3.05) is 31.6 Å². The number of nitrogens with zero attached hydrogens (tertiary/aromatic N) is 2. The summed E-state index contributed by atoms with van der Waals surface area (Å²) in [6.45, 7) is 7.41. The van der Waals surface area contributed by atoms with E-state index >= 15 is 0 Å². The maximum atomic E-state index is 12.6. The fourth-order valence-corrected chi connectivity index (χ4v) is 4.06. The van der Waals surface area contributed by atoms with Crippen LogP contribution in [0, 0.1) is 0 Å². The third-order valence-corrected chi connectivity index (χ3v) is 5.37. The lowest BCUT2D eigenvalue weighted by atomic mass is 9.90. The van der Waals surface area contributed by atoms with E-state index in [1.54, 1.807) is 27.9 Å². The normalized spacial score (nSPS) is 20.6. The van der Waals surface area contributed by atoms with Gasteiger partial charge in [-0.3, -0.25) is 4.90 Å². The molecule has 2 heterocycles. The number of carbonyl (C=O) groups is 2. The molecule has 154 valence electrons. The Morgan fingerprint density at radius 3 is 2.39 bits per heavy atom. The van der Waals surface area contributed by atoms with Crippen LogP contribution in [-0.2, 0) is 20.7 Å². The molecule has 2 aliphatic heterocycles. The minimum atomic E-state index is -1.04. The SMILES string of the molecule is COC1CCN(c2cccc3c2CCN(C(=O)OC(C)(C)C)C3C(=O)O)CC1. The predicted octanol–water partition coefficient (Wildman–Crippen LogP) is 3.22. The number of ether oxygens (including phenoxy) is 2. The number of fused-ring (bicyclic) bond motifs is 1. The van der Waals surface area contributed by atoms with Crippen LogP contribution in [0.1, 0.15) is 50.8 Å². The number of piperidine rings is 1. The molecular formula is C21H30N2O5. The topological polar surface area (TPSA) is 79.3 Å². The van der Waals surface area contributed by atoms with Gasteiger partial charge in [-0.25, -0.2) is 9.59 Å². The Balaban J connectivity index is 1.89. The molecule has 1 N–H and O–H groups in total. The number of anilines is 1. The molecule has 1 amide bonds. The lowest BCUT2D eigenvalue weighted by Crippen LogP contribution is -2.46. The van der Waals surface area contributed by atoms with Crippen LogP contribution in [0.25, 0.3) is 0 Å². The molecule has 2 aliphatic rings. The van der Waals surface area contributed by atoms with Crippen LogP contribution in [0.2, 0.25) is 0 Å². The highest BCUT2D eigenvalue weighted by molar-refractivity contribution is 5.83. The fourth-order valence-electron chi connectivity index (χ4n) is 4.06. The van der Waals surface area contributed by atoms with Gasteiger partial charge in [0.1, 0.15) is 5.60 Å². The van der Waals surface area contributed by atoms with E-state index in [2.05, 4.69) is 4.90 Å². The van der Waals surface area contributed by atoms with Crippen molar-refractivity contribution in [3.63, 3.8) is 0 Å². The van der Waals surface area contributed by atoms with Gasteiger partial charge in [-0.05, 0) is 57.2 Å². The molecule has 1 fully saturated rings. The third-order valence-electron chi connectivity index (χ3n) is 5.37. The molecule has 3 rings (SSSR count). The standard InChI is InChI=1S/C21H30N2O5/c1-21(2,3)28-20(26)23-13-10-15-16(18(23)19(24)25)6-5-7-17(15)22-11-8-14(27-4)9-12-22/h5-7,14,18H,8-13H2,1-4H3,(H,24,25). The first-order valence-electron chi connectivity index (χ1n) is 9.83. The first-order chi connectivity index (χ1) is 13.2. The van der Waals surface area contributed by atoms with Crippen LogP contribution < -0.4 is 4.90 Å². The number of methoxy groups -OCH3 is 1. The largest absolute Gasteiger partial charge is 0.479 e. The molecule has 0 radical (unpaired) electrons. The van der Waals surface area contributed by atoms with Crippen molar-refractivity contribution < 1.29 is 24.2 Å². The highest BCUT2D eigenvalue weighted by Crippen LogP contribution is 2.37. The summed E-state index contributed by atoms with van der Waals surface area (Å²) in [6, 6.07) is 4.71. The summed E-state index contributed by atoms with van der Waals surface area (Å²) in [5.74, 6) is -1.04. The van der Waals surface area contributed by atoms with Gasteiger partial charge in [-0.15, -0.1) is 0 Å². The summed E-state index contributed by atoms with van der Waals surface area (Å²) in [4.78, 5) is 28.3. The van der Waals surface area contributed by atoms with Crippen molar-refractivity contribution in [3.8, 4) is 0 Å². The predicted molar refractivity (Wildman–Crippen MR) is 106 cm³/mol. The number of carboxylic acid groups (broad SMARTS) is 1. The Morgan fingerprint density at radius 2 is 1.82 bits per heavy atom. The van der Waals surface area contributed by atoms with E-state index < -0.39 is 23.7 Å². The van der Waals surface area contributed by atoms with Crippen molar-refractivity contribution in [1.29, 1.82) is 0 Å². The minimum absolute atomic E-state index is 0.283. The van der Waals surface area contributed by atoms with Crippen molar-refractivity contribution in [2.24, 2.45) is 0 Å². The van der Waals surface area contributed by atoms with Gasteiger partial charge in [0.2, 0.25) is 0 Å². The molecule has 0 saturated carbocycles. The van der Waals surface area contributed by atoms with Crippen LogP contribution in [0.4, 0.5) is 10.5 Å². The second kappa shape index (κ2) is 7.99. The van der Waals surface area contributed by atoms with Gasteiger partial charge in [0.25, 0.3) is 0 Å². The summed E-state index contributed by atoms with van der Waals surface area (Å²) < 4.78 is 10.9. The van der Waals surface area contributed by atoms with Gasteiger partial charge < -0.3 is 19.5 Å². The minimum Gasteiger partial charge on any atom is -0.479 e. The number of benzene rings is 1. The van der Waals surface area contributed by atoms with Crippen LogP contribution in [0.3, 0.4) is 0 Å². The maximum absolute atomic E-state index is 12.6. The molecule has 0 bridgehead atoms. The number of amides is 1. The van der Waals surface area contributed by atoms with Gasteiger partial charge in [0, 0.05) is 32.4 Å². The van der Waals surface area contributed by atoms with Crippen LogP contribution in [-0.4, -0.2) is 60.5 Å². The van der Waals surface area contributed by atoms with E-state index in [1.165, 1.54) is 4.90 Å². The number of hydrogen-bond donors (Lipinski definition) is 1. The van der Waals surface area contributed by atoms with Crippen molar-refractivity contribution in [3.05, 3.63) is 29.3 Å². The lowest BCUT2D eigenvalue weighted by molar-refractivity contribution is -0.143. The molecule has 1 aromatic carbocycles. The van der Waals surface area contributed by atoms with Crippen LogP contribution in [0.5, 0.6) is 0 Å². The van der Waals surface area contributed by atoms with Crippen molar-refractivity contribution >= 4 is 17.7 Å². The van der Waals surface area contributed by atoms with E-state index in [0.29, 0.717) is 18.5 Å². The Bertz CT molecular complexity index is 735. The Labute approximate surface area is 166 Å². The molecule has 1 aromatic rings. The summed E-state index contributed by atoms with van der Waals surface area (Å²) in [5.41, 5.74) is 2.09. The summed E-state index contributed by atoms with van der Waals surface area (Å²) in [5, 5.41) is 9.89. The smallest absolute Gasteiger partial charge is 0.411 e. The number of aliphatic carboxylic acids is 1. The number of carbonyl (C=O) groups excluding carboxylic acids is 1. The Morgan fingerprint density at radius 1 is 1.14 bits per heavy atom. The quantitative estimate of drug-likeness (QED) is 0.854. The first kappa shape index (κ1) is 20.5. The zero-order chi connectivity index (χ0) is 20.5. The molecule has 1 atom stereocenters. The number of rotatable bonds is 3. The van der Waals surface area contributed by atoms with Crippen LogP contribution >= 0.6 is 0 Å². The van der Waals surface area contributed by atoms with Crippen molar-refractivity contribution in [1.82, 2.24) is 4.90 Å². The average molecular weight is 390 g/mol. The van der Waals surface area contributed by atoms with E-state index in [9.17, 15) is 14.7 Å². The first-order valence-corrected chi connectivity index (χ1v) is 9.83. The zero-order valence-electron chi connectivity index (χ0n) is 17.1. The Hall–Kier alpha value is -2.28. The van der Waals surface area contributed by atoms with Crippen LogP contribution in [0.15, 0.2) is 18.2 Å². The molecule has 1 unspecified atom stereocenters. The molecule has 7 nitrogen and oxygen atoms in total. The molecule has 0 aliphatic carbocycles. The molecule has 28 heavy (non-hydrogen) atoms. The van der Waals surface area contributed by atoms with Crippen molar-refractivity contribution in [2.45, 2.75) is 57.8 Å². The second-order valence-electron chi connectivity index (χ2n) is 8.43. The van der Waals surface area contributed by atoms with Gasteiger partial charge >= 0.3 is 12.1 Å². The van der Waals surface area contributed by atoms with Gasteiger partial charge in [-0.2, -0.15) is 0 Å². The summed E-state index contributed by atoms with van der Waals surface area (Å²) >= 11 is 0. The lowest BCUT2D eigenvalue weighted by Gasteiger charge is -2.39. The van der Waals surface area contributed by atoms with Gasteiger partial charge in [0.05, 0.1) is 6.10 Å². The monoisotopic (exact) mass is 390 g/mol. The second-order valence-corrected chi connectivity index (χ2v) is 8.43. The summed E-state index contributed by atoms with van der Waals surface area (Å²) in [6.07, 6.45) is 2.21. The highest BCUT2D eigenvalue weighted by atomic mass is 16.6. The van der Waals surface area contributed by atoms with Gasteiger partial charge in [-0.1, -0.05) is 12.1 Å². The van der Waals surface area contributed by atoms with E-state index in [4.69, 9.17) is 9.47 Å². The number of hydrogen-bond acceptors (Lipinski definition) is 5. The number of carboxylic acids is 1. The molecule has 0 spiro atoms. The molecule has 7 heteroatoms. The third kappa shape index (κ3) is 4.24.